The van der Waals surface area contributed by atoms with Gasteiger partial charge in [-0.1, -0.05) is 55.1 Å². The van der Waals surface area contributed by atoms with Gasteiger partial charge in [0.1, 0.15) is 6.23 Å². The molecule has 26 heavy (non-hydrogen) atoms. The fraction of sp³-hybridized carbons (Fsp3) is 0.174. The third kappa shape index (κ3) is 3.53. The molecule has 2 aromatic carbocycles. The minimum atomic E-state index is 0.00324. The maximum Gasteiger partial charge on any atom is 0.131 e. The summed E-state index contributed by atoms with van der Waals surface area (Å²) in [6.07, 6.45) is 5.42. The lowest BCUT2D eigenvalue weighted by Crippen LogP contribution is -2.09. The number of benzene rings is 2. The highest BCUT2D eigenvalue weighted by molar-refractivity contribution is 6.10. The summed E-state index contributed by atoms with van der Waals surface area (Å²) in [6.45, 7) is 8.76. The van der Waals surface area contributed by atoms with Crippen molar-refractivity contribution < 1.29 is 4.74 Å². The fourth-order valence-corrected chi connectivity index (χ4v) is 3.25. The molecule has 2 aromatic heterocycles. The zero-order chi connectivity index (χ0) is 18.4. The van der Waals surface area contributed by atoms with Crippen LogP contribution in [0.25, 0.3) is 27.9 Å². The summed E-state index contributed by atoms with van der Waals surface area (Å²) in [7, 11) is 0. The van der Waals surface area contributed by atoms with E-state index in [2.05, 4.69) is 65.5 Å². The maximum atomic E-state index is 5.83. The van der Waals surface area contributed by atoms with E-state index >= 15 is 0 Å². The third-order valence-electron chi connectivity index (χ3n) is 4.32. The molecule has 0 saturated heterocycles. The van der Waals surface area contributed by atoms with E-state index in [4.69, 9.17) is 4.74 Å². The summed E-state index contributed by atoms with van der Waals surface area (Å²) in [5, 5.41) is 2.52. The Morgan fingerprint density at radius 1 is 1.00 bits per heavy atom. The Balaban J connectivity index is 0.000000278. The van der Waals surface area contributed by atoms with Crippen molar-refractivity contribution in [2.75, 3.05) is 6.61 Å². The van der Waals surface area contributed by atoms with Crippen LogP contribution in [0, 0.1) is 0 Å². The molecule has 1 unspecified atom stereocenters. The van der Waals surface area contributed by atoms with Crippen LogP contribution in [0.5, 0.6) is 0 Å². The number of hydrogen-bond donors (Lipinski definition) is 0. The molecule has 0 aliphatic carbocycles. The number of pyridine rings is 1. The highest BCUT2D eigenvalue weighted by Gasteiger charge is 2.16. The number of ether oxygens (including phenoxy) is 1. The first kappa shape index (κ1) is 17.9. The molecular weight excluding hydrogens is 320 g/mol. The van der Waals surface area contributed by atoms with Crippen molar-refractivity contribution in [2.45, 2.75) is 20.1 Å². The Morgan fingerprint density at radius 2 is 1.73 bits per heavy atom. The van der Waals surface area contributed by atoms with E-state index in [0.717, 1.165) is 5.56 Å². The normalized spacial score (nSPS) is 11.8. The van der Waals surface area contributed by atoms with Gasteiger partial charge in [0.15, 0.2) is 0 Å². The average molecular weight is 344 g/mol. The Kier molecular flexibility index (Phi) is 5.82. The summed E-state index contributed by atoms with van der Waals surface area (Å²) in [5.74, 6) is 0. The molecule has 3 nitrogen and oxygen atoms in total. The lowest BCUT2D eigenvalue weighted by Gasteiger charge is -2.17. The Bertz CT molecular complexity index is 962. The van der Waals surface area contributed by atoms with Crippen molar-refractivity contribution in [3.63, 3.8) is 0 Å². The van der Waals surface area contributed by atoms with Crippen molar-refractivity contribution in [3.8, 4) is 0 Å². The fourth-order valence-electron chi connectivity index (χ4n) is 3.25. The maximum absolute atomic E-state index is 5.83. The lowest BCUT2D eigenvalue weighted by atomic mass is 10.1. The SMILES string of the molecule is C=Cc1cccc2c3ccccc3n(C(C)OCC)c12.c1ccncc1. The van der Waals surface area contributed by atoms with E-state index in [1.807, 2.05) is 31.2 Å². The van der Waals surface area contributed by atoms with Crippen molar-refractivity contribution in [1.82, 2.24) is 9.55 Å². The standard InChI is InChI=1S/C18H19NO.C5H5N/c1-4-14-9-8-11-16-15-10-6-7-12-17(15)19(18(14)16)13(3)20-5-2;1-2-4-6-5-3-1/h4,6-13H,1,5H2,2-3H3;1-5H. The van der Waals surface area contributed by atoms with Gasteiger partial charge in [-0.05, 0) is 37.6 Å². The molecule has 0 N–H and O–H groups in total. The van der Waals surface area contributed by atoms with Gasteiger partial charge >= 0.3 is 0 Å². The Morgan fingerprint density at radius 3 is 2.35 bits per heavy atom. The second-order valence-electron chi connectivity index (χ2n) is 5.91. The second-order valence-corrected chi connectivity index (χ2v) is 5.91. The Hall–Kier alpha value is -2.91. The molecule has 0 bridgehead atoms. The van der Waals surface area contributed by atoms with Crippen LogP contribution in [0.4, 0.5) is 0 Å². The molecule has 0 radical (unpaired) electrons. The van der Waals surface area contributed by atoms with Crippen LogP contribution in [0.1, 0.15) is 25.6 Å². The van der Waals surface area contributed by atoms with Gasteiger partial charge in [-0.15, -0.1) is 0 Å². The molecule has 4 rings (SSSR count). The number of nitrogens with zero attached hydrogens (tertiary/aromatic N) is 2. The van der Waals surface area contributed by atoms with Gasteiger partial charge in [0.05, 0.1) is 11.0 Å². The molecule has 0 fully saturated rings. The minimum Gasteiger partial charge on any atom is -0.359 e. The van der Waals surface area contributed by atoms with Crippen LogP contribution in [-0.2, 0) is 4.74 Å². The van der Waals surface area contributed by atoms with E-state index in [1.54, 1.807) is 12.4 Å². The summed E-state index contributed by atoms with van der Waals surface area (Å²) in [4.78, 5) is 3.78. The number of fused-ring (bicyclic) bond motifs is 3. The molecule has 0 saturated carbocycles. The van der Waals surface area contributed by atoms with Crippen molar-refractivity contribution in [2.24, 2.45) is 0 Å². The monoisotopic (exact) mass is 344 g/mol. The van der Waals surface area contributed by atoms with Gasteiger partial charge < -0.3 is 9.30 Å². The number of para-hydroxylation sites is 2. The molecule has 2 heterocycles. The van der Waals surface area contributed by atoms with Crippen LogP contribution >= 0.6 is 0 Å². The van der Waals surface area contributed by atoms with Crippen molar-refractivity contribution >= 4 is 27.9 Å². The minimum absolute atomic E-state index is 0.00324. The Labute approximate surface area is 154 Å². The molecule has 0 spiro atoms. The van der Waals surface area contributed by atoms with Crippen LogP contribution in [-0.4, -0.2) is 16.2 Å². The smallest absolute Gasteiger partial charge is 0.131 e. The molecule has 1 atom stereocenters. The van der Waals surface area contributed by atoms with Gasteiger partial charge in [-0.2, -0.15) is 0 Å². The number of hydrogen-bond acceptors (Lipinski definition) is 2. The van der Waals surface area contributed by atoms with Crippen LogP contribution in [0.15, 0.2) is 79.6 Å². The van der Waals surface area contributed by atoms with Gasteiger partial charge in [-0.25, -0.2) is 0 Å². The van der Waals surface area contributed by atoms with E-state index in [9.17, 15) is 0 Å². The summed E-state index contributed by atoms with van der Waals surface area (Å²) >= 11 is 0. The quantitative estimate of drug-likeness (QED) is 0.449. The zero-order valence-corrected chi connectivity index (χ0v) is 15.3. The summed E-state index contributed by atoms with van der Waals surface area (Å²) in [5.41, 5.74) is 3.55. The summed E-state index contributed by atoms with van der Waals surface area (Å²) < 4.78 is 8.10. The van der Waals surface area contributed by atoms with E-state index < -0.39 is 0 Å². The third-order valence-corrected chi connectivity index (χ3v) is 4.32. The largest absolute Gasteiger partial charge is 0.359 e. The van der Waals surface area contributed by atoms with E-state index in [0.29, 0.717) is 6.61 Å². The topological polar surface area (TPSA) is 27.1 Å². The molecule has 132 valence electrons. The number of aromatic nitrogens is 2. The zero-order valence-electron chi connectivity index (χ0n) is 15.3. The molecule has 3 heteroatoms. The van der Waals surface area contributed by atoms with Crippen LogP contribution in [0.2, 0.25) is 0 Å². The first-order valence-electron chi connectivity index (χ1n) is 8.88. The van der Waals surface area contributed by atoms with Crippen molar-refractivity contribution in [3.05, 3.63) is 85.2 Å². The van der Waals surface area contributed by atoms with Gasteiger partial charge in [-0.3, -0.25) is 4.98 Å². The van der Waals surface area contributed by atoms with Gasteiger partial charge in [0, 0.05) is 29.8 Å². The molecular formula is C23H24N2O. The lowest BCUT2D eigenvalue weighted by molar-refractivity contribution is 0.0308. The first-order chi connectivity index (χ1) is 12.8. The number of rotatable bonds is 4. The predicted molar refractivity (Wildman–Crippen MR) is 110 cm³/mol. The summed E-state index contributed by atoms with van der Waals surface area (Å²) in [6, 6.07) is 20.5. The molecule has 0 aliphatic heterocycles. The van der Waals surface area contributed by atoms with Gasteiger partial charge in [0.2, 0.25) is 0 Å². The average Bonchev–Trinajstić information content (AvgIpc) is 3.05. The molecule has 0 aliphatic rings. The van der Waals surface area contributed by atoms with Gasteiger partial charge in [0.25, 0.3) is 0 Å². The van der Waals surface area contributed by atoms with E-state index in [-0.39, 0.29) is 6.23 Å². The molecule has 4 aromatic rings. The first-order valence-corrected chi connectivity index (χ1v) is 8.88. The highest BCUT2D eigenvalue weighted by atomic mass is 16.5. The van der Waals surface area contributed by atoms with Crippen LogP contribution < -0.4 is 0 Å². The highest BCUT2D eigenvalue weighted by Crippen LogP contribution is 2.34. The van der Waals surface area contributed by atoms with Crippen LogP contribution in [0.3, 0.4) is 0 Å². The van der Waals surface area contributed by atoms with E-state index in [1.165, 1.54) is 21.8 Å². The predicted octanol–water partition coefficient (Wildman–Crippen LogP) is 6.07. The second kappa shape index (κ2) is 8.45. The van der Waals surface area contributed by atoms with Crippen molar-refractivity contribution in [1.29, 1.82) is 0 Å². The molecule has 0 amide bonds.